The molecule has 1 rings (SSSR count). The van der Waals surface area contributed by atoms with E-state index in [4.69, 9.17) is 16.2 Å². The average Bonchev–Trinajstić information content (AvgIpc) is 2.22. The molecular weight excluding hydrogens is 194 g/mol. The Bertz CT molecular complexity index is 328. The molecule has 0 bridgehead atoms. The minimum Gasteiger partial charge on any atom is -0.383 e. The fraction of sp³-hybridized carbons (Fsp3) is 0.400. The highest BCUT2D eigenvalue weighted by Gasteiger charge is 2.06. The number of nitrogens with two attached hydrogens (primary N) is 2. The van der Waals surface area contributed by atoms with Crippen molar-refractivity contribution in [3.63, 3.8) is 0 Å². The lowest BCUT2D eigenvalue weighted by atomic mass is 10.1. The van der Waals surface area contributed by atoms with Crippen molar-refractivity contribution in [1.29, 1.82) is 0 Å². The summed E-state index contributed by atoms with van der Waals surface area (Å²) in [6.45, 7) is 0.891. The van der Waals surface area contributed by atoms with E-state index >= 15 is 0 Å². The van der Waals surface area contributed by atoms with E-state index in [0.717, 1.165) is 5.56 Å². The number of hydrogen-bond donors (Lipinski definition) is 2. The smallest absolute Gasteiger partial charge is 0.162 e. The van der Waals surface area contributed by atoms with Gasteiger partial charge in [-0.1, -0.05) is 6.07 Å². The molecule has 82 valence electrons. The van der Waals surface area contributed by atoms with Gasteiger partial charge in [-0.15, -0.1) is 0 Å². The molecule has 5 heteroatoms. The second kappa shape index (κ2) is 6.10. The number of ether oxygens (including phenoxy) is 1. The fourth-order valence-corrected chi connectivity index (χ4v) is 1.13. The molecule has 0 aromatic carbocycles. The topological polar surface area (TPSA) is 91.2 Å². The Morgan fingerprint density at radius 3 is 3.00 bits per heavy atom. The molecule has 5 nitrogen and oxygen atoms in total. The third-order valence-corrected chi connectivity index (χ3v) is 1.84. The first-order valence-corrected chi connectivity index (χ1v) is 4.73. The van der Waals surface area contributed by atoms with Gasteiger partial charge in [-0.2, -0.15) is 0 Å². The van der Waals surface area contributed by atoms with E-state index in [-0.39, 0.29) is 18.8 Å². The Morgan fingerprint density at radius 1 is 1.53 bits per heavy atom. The Labute approximate surface area is 88.4 Å². The summed E-state index contributed by atoms with van der Waals surface area (Å²) >= 11 is 0. The van der Waals surface area contributed by atoms with Crippen LogP contribution >= 0.6 is 0 Å². The molecular formula is C10H15N3O2. The first-order chi connectivity index (χ1) is 7.24. The zero-order chi connectivity index (χ0) is 11.1. The number of nitrogen functional groups attached to an aromatic ring is 1. The van der Waals surface area contributed by atoms with Crippen LogP contribution in [0.25, 0.3) is 0 Å². The Balaban J connectivity index is 2.41. The largest absolute Gasteiger partial charge is 0.383 e. The van der Waals surface area contributed by atoms with Gasteiger partial charge in [0.2, 0.25) is 0 Å². The van der Waals surface area contributed by atoms with E-state index in [2.05, 4.69) is 4.98 Å². The molecule has 0 spiro atoms. The number of hydrogen-bond acceptors (Lipinski definition) is 5. The van der Waals surface area contributed by atoms with Crippen LogP contribution in [0.4, 0.5) is 5.82 Å². The molecule has 4 N–H and O–H groups in total. The van der Waals surface area contributed by atoms with Gasteiger partial charge in [-0.05, 0) is 6.07 Å². The maximum Gasteiger partial charge on any atom is 0.162 e. The number of carbonyl (C=O) groups excluding carboxylic acids is 1. The van der Waals surface area contributed by atoms with Crippen LogP contribution in [0.2, 0.25) is 0 Å². The molecule has 0 saturated carbocycles. The highest BCUT2D eigenvalue weighted by atomic mass is 16.5. The van der Waals surface area contributed by atoms with Gasteiger partial charge < -0.3 is 16.2 Å². The van der Waals surface area contributed by atoms with Crippen molar-refractivity contribution in [2.75, 3.05) is 25.5 Å². The summed E-state index contributed by atoms with van der Waals surface area (Å²) in [5.41, 5.74) is 11.6. The van der Waals surface area contributed by atoms with Crippen LogP contribution < -0.4 is 11.5 Å². The molecule has 0 amide bonds. The van der Waals surface area contributed by atoms with Crippen LogP contribution in [0.5, 0.6) is 0 Å². The summed E-state index contributed by atoms with van der Waals surface area (Å²) in [5.74, 6) is 0.368. The standard InChI is InChI=1S/C10H15N3O2/c11-3-5-15-7-9(14)6-8-2-1-4-13-10(8)12/h1-2,4H,3,5-7,11H2,(H2,12,13). The van der Waals surface area contributed by atoms with Crippen LogP contribution in [0.1, 0.15) is 5.56 Å². The van der Waals surface area contributed by atoms with Gasteiger partial charge in [0.05, 0.1) is 6.61 Å². The Kier molecular flexibility index (Phi) is 4.73. The van der Waals surface area contributed by atoms with Crippen molar-refractivity contribution in [1.82, 2.24) is 4.98 Å². The van der Waals surface area contributed by atoms with Crippen molar-refractivity contribution in [3.8, 4) is 0 Å². The zero-order valence-electron chi connectivity index (χ0n) is 8.48. The van der Waals surface area contributed by atoms with Crippen LogP contribution in [0, 0.1) is 0 Å². The van der Waals surface area contributed by atoms with Crippen molar-refractivity contribution >= 4 is 11.6 Å². The maximum atomic E-state index is 11.4. The molecule has 1 heterocycles. The molecule has 0 atom stereocenters. The number of Topliss-reactive ketones (excluding diaryl/α,β-unsaturated/α-hetero) is 1. The summed E-state index contributed by atoms with van der Waals surface area (Å²) in [5, 5.41) is 0. The molecule has 0 fully saturated rings. The maximum absolute atomic E-state index is 11.4. The lowest BCUT2D eigenvalue weighted by Crippen LogP contribution is -2.16. The molecule has 1 aromatic heterocycles. The highest BCUT2D eigenvalue weighted by molar-refractivity contribution is 5.83. The summed E-state index contributed by atoms with van der Waals surface area (Å²) in [4.78, 5) is 15.3. The van der Waals surface area contributed by atoms with E-state index in [1.165, 1.54) is 0 Å². The summed E-state index contributed by atoms with van der Waals surface area (Å²) in [6, 6.07) is 3.53. The predicted molar refractivity (Wildman–Crippen MR) is 57.2 cm³/mol. The lowest BCUT2D eigenvalue weighted by Gasteiger charge is -2.04. The predicted octanol–water partition coefficient (Wildman–Crippen LogP) is -0.249. The number of ketones is 1. The third-order valence-electron chi connectivity index (χ3n) is 1.84. The molecule has 0 aliphatic carbocycles. The van der Waals surface area contributed by atoms with Gasteiger partial charge in [0.1, 0.15) is 12.4 Å². The van der Waals surface area contributed by atoms with Crippen LogP contribution in [-0.4, -0.2) is 30.5 Å². The van der Waals surface area contributed by atoms with E-state index in [9.17, 15) is 4.79 Å². The average molecular weight is 209 g/mol. The number of anilines is 1. The first kappa shape index (κ1) is 11.6. The second-order valence-corrected chi connectivity index (χ2v) is 3.10. The van der Waals surface area contributed by atoms with Crippen LogP contribution in [0.3, 0.4) is 0 Å². The molecule has 0 saturated heterocycles. The van der Waals surface area contributed by atoms with Crippen LogP contribution in [-0.2, 0) is 16.0 Å². The van der Waals surface area contributed by atoms with Gasteiger partial charge >= 0.3 is 0 Å². The normalized spacial score (nSPS) is 10.2. The molecule has 0 aliphatic heterocycles. The SMILES string of the molecule is NCCOCC(=O)Cc1cccnc1N. The number of nitrogens with zero attached hydrogens (tertiary/aromatic N) is 1. The van der Waals surface area contributed by atoms with Gasteiger partial charge in [0, 0.05) is 24.7 Å². The van der Waals surface area contributed by atoms with E-state index in [1.807, 2.05) is 0 Å². The molecule has 15 heavy (non-hydrogen) atoms. The van der Waals surface area contributed by atoms with Gasteiger partial charge in [-0.25, -0.2) is 4.98 Å². The zero-order valence-corrected chi connectivity index (χ0v) is 8.48. The number of aromatic nitrogens is 1. The number of pyridine rings is 1. The van der Waals surface area contributed by atoms with E-state index < -0.39 is 0 Å². The van der Waals surface area contributed by atoms with Crippen LogP contribution in [0.15, 0.2) is 18.3 Å². The monoisotopic (exact) mass is 209 g/mol. The molecule has 0 unspecified atom stereocenters. The van der Waals surface area contributed by atoms with Gasteiger partial charge in [-0.3, -0.25) is 4.79 Å². The van der Waals surface area contributed by atoms with E-state index in [0.29, 0.717) is 19.0 Å². The van der Waals surface area contributed by atoms with Crippen molar-refractivity contribution in [2.45, 2.75) is 6.42 Å². The Hall–Kier alpha value is -1.46. The second-order valence-electron chi connectivity index (χ2n) is 3.10. The van der Waals surface area contributed by atoms with Crippen molar-refractivity contribution < 1.29 is 9.53 Å². The minimum atomic E-state index is -0.0249. The van der Waals surface area contributed by atoms with E-state index in [1.54, 1.807) is 18.3 Å². The summed E-state index contributed by atoms with van der Waals surface area (Å²) in [6.07, 6.45) is 1.85. The van der Waals surface area contributed by atoms with Gasteiger partial charge in [0.15, 0.2) is 5.78 Å². The Morgan fingerprint density at radius 2 is 2.33 bits per heavy atom. The molecule has 1 aromatic rings. The quantitative estimate of drug-likeness (QED) is 0.630. The third kappa shape index (κ3) is 4.05. The number of carbonyl (C=O) groups is 1. The van der Waals surface area contributed by atoms with Crippen molar-refractivity contribution in [3.05, 3.63) is 23.9 Å². The fourth-order valence-electron chi connectivity index (χ4n) is 1.13. The lowest BCUT2D eigenvalue weighted by molar-refractivity contribution is -0.122. The summed E-state index contributed by atoms with van der Waals surface area (Å²) < 4.78 is 5.02. The molecule has 0 radical (unpaired) electrons. The van der Waals surface area contributed by atoms with Gasteiger partial charge in [0.25, 0.3) is 0 Å². The van der Waals surface area contributed by atoms with Crippen molar-refractivity contribution in [2.24, 2.45) is 5.73 Å². The molecule has 0 aliphatic rings. The summed E-state index contributed by atoms with van der Waals surface area (Å²) in [7, 11) is 0. The number of rotatable bonds is 6. The highest BCUT2D eigenvalue weighted by Crippen LogP contribution is 2.07. The first-order valence-electron chi connectivity index (χ1n) is 4.73. The minimum absolute atomic E-state index is 0.0249.